The van der Waals surface area contributed by atoms with Crippen molar-refractivity contribution in [2.45, 2.75) is 38.4 Å². The monoisotopic (exact) mass is 193 g/mol. The molecule has 0 spiro atoms. The van der Waals surface area contributed by atoms with E-state index in [1.807, 2.05) is 32.0 Å². The summed E-state index contributed by atoms with van der Waals surface area (Å²) in [5.41, 5.74) is 7.62. The Hall–Kier alpha value is -0.890. The van der Waals surface area contributed by atoms with Gasteiger partial charge in [-0.1, -0.05) is 18.2 Å². The fourth-order valence-electron chi connectivity index (χ4n) is 2.03. The molecular weight excluding hydrogens is 177 g/mol. The molecule has 0 bridgehead atoms. The van der Waals surface area contributed by atoms with E-state index in [-0.39, 0.29) is 6.04 Å². The maximum absolute atomic E-state index is 14.1. The molecule has 0 unspecified atom stereocenters. The molecule has 0 aromatic heterocycles. The SMILES string of the molecule is Cc1ccc(C2(F)CC(N)C2)cc1C. The van der Waals surface area contributed by atoms with E-state index in [1.54, 1.807) is 0 Å². The van der Waals surface area contributed by atoms with Crippen molar-refractivity contribution < 1.29 is 4.39 Å². The smallest absolute Gasteiger partial charge is 0.139 e. The van der Waals surface area contributed by atoms with Crippen molar-refractivity contribution in [2.75, 3.05) is 0 Å². The minimum absolute atomic E-state index is 0.0432. The molecule has 0 amide bonds. The number of rotatable bonds is 1. The number of benzene rings is 1. The number of nitrogens with two attached hydrogens (primary N) is 1. The molecule has 1 nitrogen and oxygen atoms in total. The minimum Gasteiger partial charge on any atom is -0.327 e. The molecule has 14 heavy (non-hydrogen) atoms. The van der Waals surface area contributed by atoms with Gasteiger partial charge in [0.15, 0.2) is 0 Å². The molecule has 1 aromatic carbocycles. The van der Waals surface area contributed by atoms with Crippen LogP contribution in [0.1, 0.15) is 29.5 Å². The predicted molar refractivity (Wildman–Crippen MR) is 55.9 cm³/mol. The van der Waals surface area contributed by atoms with Gasteiger partial charge in [0.25, 0.3) is 0 Å². The Morgan fingerprint density at radius 1 is 1.29 bits per heavy atom. The molecule has 1 aliphatic carbocycles. The third-order valence-electron chi connectivity index (χ3n) is 3.20. The van der Waals surface area contributed by atoms with E-state index in [0.29, 0.717) is 12.8 Å². The first kappa shape index (κ1) is 9.66. The third-order valence-corrected chi connectivity index (χ3v) is 3.20. The van der Waals surface area contributed by atoms with Crippen molar-refractivity contribution >= 4 is 0 Å². The maximum atomic E-state index is 14.1. The Morgan fingerprint density at radius 3 is 2.43 bits per heavy atom. The molecule has 76 valence electrons. The van der Waals surface area contributed by atoms with Crippen molar-refractivity contribution in [2.24, 2.45) is 5.73 Å². The molecule has 0 radical (unpaired) electrons. The van der Waals surface area contributed by atoms with Crippen molar-refractivity contribution in [1.82, 2.24) is 0 Å². The van der Waals surface area contributed by atoms with E-state index >= 15 is 0 Å². The first-order valence-electron chi connectivity index (χ1n) is 5.03. The van der Waals surface area contributed by atoms with Gasteiger partial charge < -0.3 is 5.73 Å². The largest absolute Gasteiger partial charge is 0.327 e. The number of aryl methyl sites for hydroxylation is 2. The minimum atomic E-state index is -1.15. The fourth-order valence-corrected chi connectivity index (χ4v) is 2.03. The number of hydrogen-bond acceptors (Lipinski definition) is 1. The first-order chi connectivity index (χ1) is 6.51. The lowest BCUT2D eigenvalue weighted by Crippen LogP contribution is -2.46. The van der Waals surface area contributed by atoms with Gasteiger partial charge in [-0.3, -0.25) is 0 Å². The normalized spacial score (nSPS) is 31.3. The van der Waals surface area contributed by atoms with Crippen LogP contribution < -0.4 is 5.73 Å². The molecule has 1 fully saturated rings. The van der Waals surface area contributed by atoms with Gasteiger partial charge in [0.05, 0.1) is 0 Å². The van der Waals surface area contributed by atoms with Crippen LogP contribution in [0.3, 0.4) is 0 Å². The Bertz CT molecular complexity index is 353. The van der Waals surface area contributed by atoms with Crippen LogP contribution in [0.5, 0.6) is 0 Å². The third kappa shape index (κ3) is 1.44. The zero-order valence-electron chi connectivity index (χ0n) is 8.68. The summed E-state index contributed by atoms with van der Waals surface area (Å²) in [5.74, 6) is 0. The van der Waals surface area contributed by atoms with Crippen molar-refractivity contribution in [3.63, 3.8) is 0 Å². The molecule has 2 heteroatoms. The Labute approximate surface area is 84.1 Å². The standard InChI is InChI=1S/C12H16FN/c1-8-3-4-10(5-9(8)2)12(13)6-11(14)7-12/h3-5,11H,6-7,14H2,1-2H3. The lowest BCUT2D eigenvalue weighted by molar-refractivity contribution is 0.0405. The van der Waals surface area contributed by atoms with E-state index < -0.39 is 5.67 Å². The topological polar surface area (TPSA) is 26.0 Å². The summed E-state index contributed by atoms with van der Waals surface area (Å²) in [6, 6.07) is 5.85. The molecule has 0 heterocycles. The van der Waals surface area contributed by atoms with Gasteiger partial charge in [-0.05, 0) is 30.5 Å². The number of hydrogen-bond donors (Lipinski definition) is 1. The van der Waals surface area contributed by atoms with Gasteiger partial charge in [0.2, 0.25) is 0 Å². The van der Waals surface area contributed by atoms with Gasteiger partial charge in [0.1, 0.15) is 5.67 Å². The summed E-state index contributed by atoms with van der Waals surface area (Å²) in [6.07, 6.45) is 0.936. The van der Waals surface area contributed by atoms with Crippen LogP contribution in [-0.4, -0.2) is 6.04 Å². The second-order valence-corrected chi connectivity index (χ2v) is 4.43. The molecule has 1 aromatic rings. The summed E-state index contributed by atoms with van der Waals surface area (Å²) in [6.45, 7) is 4.05. The molecule has 2 rings (SSSR count). The first-order valence-corrected chi connectivity index (χ1v) is 5.03. The van der Waals surface area contributed by atoms with E-state index in [2.05, 4.69) is 0 Å². The number of halogens is 1. The lowest BCUT2D eigenvalue weighted by atomic mass is 9.73. The molecular formula is C12H16FN. The van der Waals surface area contributed by atoms with Crippen LogP contribution in [0.2, 0.25) is 0 Å². The van der Waals surface area contributed by atoms with E-state index in [1.165, 1.54) is 5.56 Å². The van der Waals surface area contributed by atoms with E-state index in [9.17, 15) is 4.39 Å². The molecule has 0 atom stereocenters. The van der Waals surface area contributed by atoms with Crippen molar-refractivity contribution in [1.29, 1.82) is 0 Å². The zero-order valence-corrected chi connectivity index (χ0v) is 8.68. The number of alkyl halides is 1. The van der Waals surface area contributed by atoms with Crippen LogP contribution in [-0.2, 0) is 5.67 Å². The van der Waals surface area contributed by atoms with Crippen LogP contribution in [0, 0.1) is 13.8 Å². The Kier molecular flexibility index (Phi) is 2.11. The van der Waals surface area contributed by atoms with Crippen LogP contribution in [0.25, 0.3) is 0 Å². The molecule has 0 aliphatic heterocycles. The molecule has 1 saturated carbocycles. The average Bonchev–Trinajstić information content (AvgIpc) is 2.07. The highest BCUT2D eigenvalue weighted by Crippen LogP contribution is 2.44. The van der Waals surface area contributed by atoms with Crippen molar-refractivity contribution in [3.05, 3.63) is 34.9 Å². The molecule has 0 saturated heterocycles. The Balaban J connectivity index is 2.29. The summed E-state index contributed by atoms with van der Waals surface area (Å²) in [5, 5.41) is 0. The van der Waals surface area contributed by atoms with Crippen LogP contribution in [0.15, 0.2) is 18.2 Å². The lowest BCUT2D eigenvalue weighted by Gasteiger charge is -2.39. The second-order valence-electron chi connectivity index (χ2n) is 4.43. The zero-order chi connectivity index (χ0) is 10.3. The van der Waals surface area contributed by atoms with E-state index in [0.717, 1.165) is 11.1 Å². The second kappa shape index (κ2) is 3.06. The summed E-state index contributed by atoms with van der Waals surface area (Å²) in [4.78, 5) is 0. The van der Waals surface area contributed by atoms with E-state index in [4.69, 9.17) is 5.73 Å². The van der Waals surface area contributed by atoms with Gasteiger partial charge >= 0.3 is 0 Å². The van der Waals surface area contributed by atoms with Gasteiger partial charge in [-0.15, -0.1) is 0 Å². The molecule has 2 N–H and O–H groups in total. The fraction of sp³-hybridized carbons (Fsp3) is 0.500. The highest BCUT2D eigenvalue weighted by atomic mass is 19.1. The molecule has 1 aliphatic rings. The quantitative estimate of drug-likeness (QED) is 0.729. The highest BCUT2D eigenvalue weighted by Gasteiger charge is 2.44. The highest BCUT2D eigenvalue weighted by molar-refractivity contribution is 5.35. The summed E-state index contributed by atoms with van der Waals surface area (Å²) in [7, 11) is 0. The van der Waals surface area contributed by atoms with Crippen LogP contribution in [0.4, 0.5) is 4.39 Å². The average molecular weight is 193 g/mol. The van der Waals surface area contributed by atoms with Gasteiger partial charge in [-0.25, -0.2) is 4.39 Å². The van der Waals surface area contributed by atoms with Crippen LogP contribution >= 0.6 is 0 Å². The van der Waals surface area contributed by atoms with Gasteiger partial charge in [-0.2, -0.15) is 0 Å². The van der Waals surface area contributed by atoms with Gasteiger partial charge in [0, 0.05) is 18.9 Å². The Morgan fingerprint density at radius 2 is 1.93 bits per heavy atom. The summed E-state index contributed by atoms with van der Waals surface area (Å²) >= 11 is 0. The maximum Gasteiger partial charge on any atom is 0.139 e. The summed E-state index contributed by atoms with van der Waals surface area (Å²) < 4.78 is 14.1. The predicted octanol–water partition coefficient (Wildman–Crippen LogP) is 2.59. The van der Waals surface area contributed by atoms with Crippen molar-refractivity contribution in [3.8, 4) is 0 Å².